The second kappa shape index (κ2) is 8.56. The van der Waals surface area contributed by atoms with Gasteiger partial charge in [-0.15, -0.1) is 0 Å². The summed E-state index contributed by atoms with van der Waals surface area (Å²) in [6, 6.07) is 7.15. The van der Waals surface area contributed by atoms with Crippen molar-refractivity contribution in [2.24, 2.45) is 5.92 Å². The van der Waals surface area contributed by atoms with Gasteiger partial charge in [0, 0.05) is 12.2 Å². The van der Waals surface area contributed by atoms with E-state index in [2.05, 4.69) is 5.32 Å². The molecule has 128 valence electrons. The third kappa shape index (κ3) is 5.58. The highest BCUT2D eigenvalue weighted by molar-refractivity contribution is 5.98. The van der Waals surface area contributed by atoms with Crippen LogP contribution in [0.1, 0.15) is 40.2 Å². The Hall–Kier alpha value is -2.04. The van der Waals surface area contributed by atoms with Crippen LogP contribution in [0, 0.1) is 12.8 Å². The fourth-order valence-corrected chi connectivity index (χ4v) is 2.25. The minimum Gasteiger partial charge on any atom is -0.447 e. The molecule has 0 aliphatic heterocycles. The van der Waals surface area contributed by atoms with E-state index in [4.69, 9.17) is 4.74 Å². The molecule has 0 aliphatic carbocycles. The molecule has 0 aromatic heterocycles. The molecule has 0 saturated heterocycles. The quantitative estimate of drug-likeness (QED) is 0.872. The van der Waals surface area contributed by atoms with Gasteiger partial charge in [-0.25, -0.2) is 4.79 Å². The molecule has 1 aromatic rings. The van der Waals surface area contributed by atoms with Gasteiger partial charge >= 0.3 is 6.09 Å². The fourth-order valence-electron chi connectivity index (χ4n) is 2.25. The Balaban J connectivity index is 2.93. The number of hydrogen-bond donors (Lipinski definition) is 1. The number of nitrogens with one attached hydrogen (secondary N) is 1. The normalized spacial score (nSPS) is 12.2. The second-order valence-electron chi connectivity index (χ2n) is 6.24. The van der Waals surface area contributed by atoms with Gasteiger partial charge in [-0.3, -0.25) is 4.79 Å². The maximum atomic E-state index is 12.9. The molecule has 0 heterocycles. The van der Waals surface area contributed by atoms with E-state index < -0.39 is 12.1 Å². The van der Waals surface area contributed by atoms with Crippen molar-refractivity contribution < 1.29 is 14.3 Å². The van der Waals surface area contributed by atoms with Crippen LogP contribution in [0.3, 0.4) is 0 Å². The molecule has 1 N–H and O–H groups in total. The van der Waals surface area contributed by atoms with Crippen LogP contribution in [0.15, 0.2) is 24.3 Å². The minimum atomic E-state index is -0.623. The largest absolute Gasteiger partial charge is 0.447 e. The second-order valence-corrected chi connectivity index (χ2v) is 6.24. The van der Waals surface area contributed by atoms with Gasteiger partial charge in [0.25, 0.3) is 0 Å². The van der Waals surface area contributed by atoms with Crippen LogP contribution >= 0.6 is 0 Å². The molecular weight excluding hydrogens is 292 g/mol. The lowest BCUT2D eigenvalue weighted by Crippen LogP contribution is -2.51. The van der Waals surface area contributed by atoms with Crippen molar-refractivity contribution in [3.05, 3.63) is 29.8 Å². The number of anilines is 1. The first-order valence-corrected chi connectivity index (χ1v) is 8.11. The first-order valence-electron chi connectivity index (χ1n) is 8.11. The molecule has 5 heteroatoms. The van der Waals surface area contributed by atoms with Crippen molar-refractivity contribution in [3.63, 3.8) is 0 Å². The third-order valence-electron chi connectivity index (χ3n) is 3.48. The number of carbonyl (C=O) groups is 2. The Morgan fingerprint density at radius 3 is 2.13 bits per heavy atom. The smallest absolute Gasteiger partial charge is 0.408 e. The van der Waals surface area contributed by atoms with E-state index in [1.807, 2.05) is 52.0 Å². The molecule has 5 nitrogen and oxygen atoms in total. The maximum Gasteiger partial charge on any atom is 0.408 e. The first-order chi connectivity index (χ1) is 10.8. The summed E-state index contributed by atoms with van der Waals surface area (Å²) in [7, 11) is 0. The Labute approximate surface area is 139 Å². The summed E-state index contributed by atoms with van der Waals surface area (Å²) in [5.74, 6) is -0.172. The van der Waals surface area contributed by atoms with Gasteiger partial charge in [-0.05, 0) is 45.7 Å². The highest BCUT2D eigenvalue weighted by Crippen LogP contribution is 2.18. The Bertz CT molecular complexity index is 524. The van der Waals surface area contributed by atoms with Crippen LogP contribution in [-0.2, 0) is 9.53 Å². The van der Waals surface area contributed by atoms with Crippen molar-refractivity contribution >= 4 is 17.7 Å². The van der Waals surface area contributed by atoms with E-state index in [1.54, 1.807) is 18.7 Å². The summed E-state index contributed by atoms with van der Waals surface area (Å²) < 4.78 is 5.10. The van der Waals surface area contributed by atoms with Gasteiger partial charge in [0.05, 0.1) is 6.10 Å². The van der Waals surface area contributed by atoms with Crippen molar-refractivity contribution in [1.29, 1.82) is 0 Å². The Morgan fingerprint density at radius 2 is 1.70 bits per heavy atom. The van der Waals surface area contributed by atoms with Crippen molar-refractivity contribution in [1.82, 2.24) is 5.32 Å². The summed E-state index contributed by atoms with van der Waals surface area (Å²) in [4.78, 5) is 26.4. The highest BCUT2D eigenvalue weighted by atomic mass is 16.6. The molecule has 0 radical (unpaired) electrons. The molecule has 1 atom stereocenters. The predicted octanol–water partition coefficient (Wildman–Crippen LogP) is 3.51. The van der Waals surface area contributed by atoms with Gasteiger partial charge in [0.2, 0.25) is 5.91 Å². The lowest BCUT2D eigenvalue weighted by molar-refractivity contribution is -0.121. The number of amides is 2. The van der Waals surface area contributed by atoms with Gasteiger partial charge in [0.1, 0.15) is 6.04 Å². The molecule has 1 rings (SSSR count). The van der Waals surface area contributed by atoms with Crippen LogP contribution in [0.5, 0.6) is 0 Å². The van der Waals surface area contributed by atoms with Gasteiger partial charge in [-0.2, -0.15) is 0 Å². The number of benzene rings is 1. The van der Waals surface area contributed by atoms with Crippen molar-refractivity contribution in [2.75, 3.05) is 11.4 Å². The van der Waals surface area contributed by atoms with Crippen LogP contribution in [0.4, 0.5) is 10.5 Å². The van der Waals surface area contributed by atoms with Gasteiger partial charge < -0.3 is 15.0 Å². The number of nitrogens with zero attached hydrogens (tertiary/aromatic N) is 1. The number of likely N-dealkylation sites (N-methyl/N-ethyl adjacent to an activating group) is 1. The molecule has 0 saturated carbocycles. The average Bonchev–Trinajstić information content (AvgIpc) is 2.46. The van der Waals surface area contributed by atoms with Crippen molar-refractivity contribution in [2.45, 2.75) is 53.7 Å². The summed E-state index contributed by atoms with van der Waals surface area (Å²) in [6.45, 7) is 11.8. The van der Waals surface area contributed by atoms with Crippen LogP contribution < -0.4 is 10.2 Å². The summed E-state index contributed by atoms with van der Waals surface area (Å²) in [5.41, 5.74) is 1.96. The minimum absolute atomic E-state index is 0.0401. The zero-order valence-electron chi connectivity index (χ0n) is 14.9. The van der Waals surface area contributed by atoms with E-state index in [0.717, 1.165) is 11.3 Å². The third-order valence-corrected chi connectivity index (χ3v) is 3.48. The fraction of sp³-hybridized carbons (Fsp3) is 0.556. The lowest BCUT2D eigenvalue weighted by atomic mass is 10.0. The summed E-state index contributed by atoms with van der Waals surface area (Å²) in [6.07, 6.45) is -0.788. The molecule has 0 spiro atoms. The molecule has 0 unspecified atom stereocenters. The average molecular weight is 320 g/mol. The Kier molecular flexibility index (Phi) is 7.07. The number of rotatable bonds is 6. The summed E-state index contributed by atoms with van der Waals surface area (Å²) in [5, 5.41) is 2.69. The van der Waals surface area contributed by atoms with Gasteiger partial charge in [-0.1, -0.05) is 31.5 Å². The summed E-state index contributed by atoms with van der Waals surface area (Å²) >= 11 is 0. The number of hydrogen-bond acceptors (Lipinski definition) is 3. The van der Waals surface area contributed by atoms with E-state index >= 15 is 0 Å². The molecular formula is C18H28N2O3. The van der Waals surface area contributed by atoms with E-state index in [0.29, 0.717) is 6.54 Å². The Morgan fingerprint density at radius 1 is 1.13 bits per heavy atom. The molecule has 2 amide bonds. The number of ether oxygens (including phenoxy) is 1. The molecule has 0 aliphatic rings. The SMILES string of the molecule is CCN(C(=O)[C@@H](NC(=O)OC(C)C)C(C)C)c1ccc(C)cc1. The highest BCUT2D eigenvalue weighted by Gasteiger charge is 2.29. The van der Waals surface area contributed by atoms with Gasteiger partial charge in [0.15, 0.2) is 0 Å². The van der Waals surface area contributed by atoms with Crippen LogP contribution in [-0.4, -0.2) is 30.7 Å². The maximum absolute atomic E-state index is 12.9. The van der Waals surface area contributed by atoms with Crippen LogP contribution in [0.2, 0.25) is 0 Å². The lowest BCUT2D eigenvalue weighted by Gasteiger charge is -2.29. The monoisotopic (exact) mass is 320 g/mol. The van der Waals surface area contributed by atoms with Crippen molar-refractivity contribution in [3.8, 4) is 0 Å². The number of aryl methyl sites for hydroxylation is 1. The van der Waals surface area contributed by atoms with Crippen LogP contribution in [0.25, 0.3) is 0 Å². The van der Waals surface area contributed by atoms with E-state index in [9.17, 15) is 9.59 Å². The zero-order valence-corrected chi connectivity index (χ0v) is 14.9. The van der Waals surface area contributed by atoms with E-state index in [-0.39, 0.29) is 17.9 Å². The number of alkyl carbamates (subject to hydrolysis) is 1. The molecule has 1 aromatic carbocycles. The molecule has 0 fully saturated rings. The zero-order chi connectivity index (χ0) is 17.6. The predicted molar refractivity (Wildman–Crippen MR) is 92.6 cm³/mol. The number of carbonyl (C=O) groups excluding carboxylic acids is 2. The van der Waals surface area contributed by atoms with E-state index in [1.165, 1.54) is 0 Å². The molecule has 23 heavy (non-hydrogen) atoms. The topological polar surface area (TPSA) is 58.6 Å². The molecule has 0 bridgehead atoms. The first kappa shape index (κ1) is 19.0. The standard InChI is InChI=1S/C18H28N2O3/c1-7-20(15-10-8-14(6)9-11-15)17(21)16(12(2)3)19-18(22)23-13(4)5/h8-13,16H,7H2,1-6H3,(H,19,22)/t16-/m0/s1.